The predicted octanol–water partition coefficient (Wildman–Crippen LogP) is -0.0549. The van der Waals surface area contributed by atoms with Crippen LogP contribution in [0.15, 0.2) is 36.4 Å². The fraction of sp³-hybridized carbons (Fsp3) is 0.409. The molecule has 0 aliphatic carbocycles. The van der Waals surface area contributed by atoms with Crippen LogP contribution in [0.5, 0.6) is 23.0 Å². The third-order valence-electron chi connectivity index (χ3n) is 5.07. The summed E-state index contributed by atoms with van der Waals surface area (Å²) in [7, 11) is 2.76. The van der Waals surface area contributed by atoms with Gasteiger partial charge in [0.05, 0.1) is 26.4 Å². The lowest BCUT2D eigenvalue weighted by Gasteiger charge is -2.39. The lowest BCUT2D eigenvalue weighted by molar-refractivity contribution is -0.277. The fourth-order valence-electron chi connectivity index (χ4n) is 3.24. The van der Waals surface area contributed by atoms with Crippen molar-refractivity contribution in [2.45, 2.75) is 37.3 Å². The maximum atomic E-state index is 12.4. The van der Waals surface area contributed by atoms with Gasteiger partial charge in [-0.3, -0.25) is 0 Å². The molecule has 0 aromatic heterocycles. The van der Waals surface area contributed by atoms with Gasteiger partial charge >= 0.3 is 5.97 Å². The number of rotatable bonds is 8. The normalized spacial score (nSPS) is 24.7. The van der Waals surface area contributed by atoms with Crippen molar-refractivity contribution in [1.82, 2.24) is 0 Å². The Kier molecular flexibility index (Phi) is 7.95. The van der Waals surface area contributed by atoms with Crippen LogP contribution in [0.25, 0.3) is 0 Å². The van der Waals surface area contributed by atoms with Crippen LogP contribution >= 0.6 is 0 Å². The molecule has 0 amide bonds. The fourth-order valence-corrected chi connectivity index (χ4v) is 3.24. The highest BCUT2D eigenvalue weighted by Gasteiger charge is 2.45. The minimum absolute atomic E-state index is 0.0750. The van der Waals surface area contributed by atoms with Crippen LogP contribution in [0.1, 0.15) is 15.9 Å². The van der Waals surface area contributed by atoms with E-state index in [2.05, 4.69) is 0 Å². The first-order valence-corrected chi connectivity index (χ1v) is 9.96. The number of esters is 1. The maximum Gasteiger partial charge on any atom is 0.338 e. The summed E-state index contributed by atoms with van der Waals surface area (Å²) in [6, 6.07) is 8.43. The molecule has 5 unspecified atom stereocenters. The molecule has 0 bridgehead atoms. The Morgan fingerprint density at radius 1 is 0.970 bits per heavy atom. The summed E-state index contributed by atoms with van der Waals surface area (Å²) in [5, 5.41) is 49.8. The molecule has 1 saturated heterocycles. The van der Waals surface area contributed by atoms with E-state index in [0.29, 0.717) is 11.3 Å². The van der Waals surface area contributed by atoms with E-state index in [9.17, 15) is 30.3 Å². The standard InChI is InChI=1S/C22H26O11/c1-29-13-5-11(9-23)6-14(8-13)32-22-20(27)19(26)18(25)17(33-22)10-31-21(28)12-3-4-15(24)16(7-12)30-2/h3-8,17-20,22-27H,9-10H2,1-2H3. The molecule has 2 aromatic carbocycles. The summed E-state index contributed by atoms with van der Waals surface area (Å²) in [4.78, 5) is 12.4. The van der Waals surface area contributed by atoms with Gasteiger partial charge < -0.3 is 49.2 Å². The van der Waals surface area contributed by atoms with E-state index in [1.54, 1.807) is 6.07 Å². The third kappa shape index (κ3) is 5.64. The number of methoxy groups -OCH3 is 2. The van der Waals surface area contributed by atoms with Crippen molar-refractivity contribution < 1.29 is 54.0 Å². The first-order chi connectivity index (χ1) is 15.8. The van der Waals surface area contributed by atoms with Crippen LogP contribution in [-0.2, 0) is 16.1 Å². The topological polar surface area (TPSA) is 164 Å². The number of hydrogen-bond donors (Lipinski definition) is 5. The molecular weight excluding hydrogens is 440 g/mol. The highest BCUT2D eigenvalue weighted by molar-refractivity contribution is 5.90. The van der Waals surface area contributed by atoms with E-state index in [1.165, 1.54) is 44.6 Å². The molecule has 11 nitrogen and oxygen atoms in total. The van der Waals surface area contributed by atoms with Crippen molar-refractivity contribution in [2.24, 2.45) is 0 Å². The molecule has 0 saturated carbocycles. The van der Waals surface area contributed by atoms with Crippen molar-refractivity contribution in [3.8, 4) is 23.0 Å². The maximum absolute atomic E-state index is 12.4. The molecule has 5 N–H and O–H groups in total. The van der Waals surface area contributed by atoms with E-state index < -0.39 is 43.3 Å². The molecular formula is C22H26O11. The highest BCUT2D eigenvalue weighted by Crippen LogP contribution is 2.29. The number of carbonyl (C=O) groups is 1. The molecule has 3 rings (SSSR count). The Morgan fingerprint density at radius 3 is 2.36 bits per heavy atom. The summed E-state index contributed by atoms with van der Waals surface area (Å²) in [6.07, 6.45) is -7.47. The largest absolute Gasteiger partial charge is 0.504 e. The number of carbonyl (C=O) groups excluding carboxylic acids is 1. The van der Waals surface area contributed by atoms with E-state index in [-0.39, 0.29) is 29.4 Å². The monoisotopic (exact) mass is 466 g/mol. The van der Waals surface area contributed by atoms with E-state index in [4.69, 9.17) is 23.7 Å². The second-order valence-corrected chi connectivity index (χ2v) is 7.29. The molecule has 11 heteroatoms. The average molecular weight is 466 g/mol. The van der Waals surface area contributed by atoms with Crippen LogP contribution in [0, 0.1) is 0 Å². The Morgan fingerprint density at radius 2 is 1.70 bits per heavy atom. The van der Waals surface area contributed by atoms with Gasteiger partial charge in [-0.05, 0) is 35.9 Å². The molecule has 1 fully saturated rings. The first-order valence-electron chi connectivity index (χ1n) is 9.96. The van der Waals surface area contributed by atoms with Gasteiger partial charge in [-0.25, -0.2) is 4.79 Å². The highest BCUT2D eigenvalue weighted by atomic mass is 16.7. The third-order valence-corrected chi connectivity index (χ3v) is 5.07. The van der Waals surface area contributed by atoms with Gasteiger partial charge in [-0.1, -0.05) is 0 Å². The van der Waals surface area contributed by atoms with Gasteiger partial charge in [0, 0.05) is 6.07 Å². The van der Waals surface area contributed by atoms with Crippen LogP contribution < -0.4 is 14.2 Å². The number of aliphatic hydroxyl groups is 4. The summed E-state index contributed by atoms with van der Waals surface area (Å²) in [5.74, 6) is -0.303. The molecule has 180 valence electrons. The Labute approximate surface area is 189 Å². The van der Waals surface area contributed by atoms with E-state index in [0.717, 1.165) is 0 Å². The Bertz CT molecular complexity index is 941. The summed E-state index contributed by atoms with van der Waals surface area (Å²) in [5.41, 5.74) is 0.557. The van der Waals surface area contributed by atoms with Crippen LogP contribution in [0.4, 0.5) is 0 Å². The number of ether oxygens (including phenoxy) is 5. The summed E-state index contributed by atoms with van der Waals surface area (Å²) >= 11 is 0. The van der Waals surface area contributed by atoms with Crippen LogP contribution in [0.3, 0.4) is 0 Å². The van der Waals surface area contributed by atoms with Gasteiger partial charge in [0.1, 0.15) is 42.5 Å². The van der Waals surface area contributed by atoms with Crippen molar-refractivity contribution >= 4 is 5.97 Å². The molecule has 1 aliphatic rings. The van der Waals surface area contributed by atoms with Crippen LogP contribution in [-0.4, -0.2) is 83.0 Å². The Balaban J connectivity index is 1.70. The predicted molar refractivity (Wildman–Crippen MR) is 111 cm³/mol. The molecule has 0 spiro atoms. The quantitative estimate of drug-likeness (QED) is 0.331. The van der Waals surface area contributed by atoms with Crippen LogP contribution in [0.2, 0.25) is 0 Å². The second kappa shape index (κ2) is 10.7. The Hall–Kier alpha value is -3.09. The van der Waals surface area contributed by atoms with Crippen molar-refractivity contribution in [3.63, 3.8) is 0 Å². The number of aromatic hydroxyl groups is 1. The first kappa shape index (κ1) is 24.6. The van der Waals surface area contributed by atoms with Crippen molar-refractivity contribution in [2.75, 3.05) is 20.8 Å². The zero-order valence-corrected chi connectivity index (χ0v) is 18.0. The van der Waals surface area contributed by atoms with Gasteiger partial charge in [0.2, 0.25) is 6.29 Å². The average Bonchev–Trinajstić information content (AvgIpc) is 2.83. The number of phenols is 1. The minimum Gasteiger partial charge on any atom is -0.504 e. The molecule has 0 radical (unpaired) electrons. The summed E-state index contributed by atoms with van der Waals surface area (Å²) < 4.78 is 26.4. The second-order valence-electron chi connectivity index (χ2n) is 7.29. The lowest BCUT2D eigenvalue weighted by Crippen LogP contribution is -2.60. The lowest BCUT2D eigenvalue weighted by atomic mass is 9.99. The zero-order valence-electron chi connectivity index (χ0n) is 18.0. The van der Waals surface area contributed by atoms with E-state index in [1.807, 2.05) is 0 Å². The summed E-state index contributed by atoms with van der Waals surface area (Å²) in [6.45, 7) is -0.754. The van der Waals surface area contributed by atoms with Crippen molar-refractivity contribution in [3.05, 3.63) is 47.5 Å². The molecule has 1 aliphatic heterocycles. The number of hydrogen-bond acceptors (Lipinski definition) is 11. The molecule has 1 heterocycles. The minimum atomic E-state index is -1.65. The zero-order chi connectivity index (χ0) is 24.1. The molecule has 2 aromatic rings. The number of phenolic OH excluding ortho intramolecular Hbond substituents is 1. The number of benzene rings is 2. The van der Waals surface area contributed by atoms with Gasteiger partial charge in [-0.15, -0.1) is 0 Å². The van der Waals surface area contributed by atoms with Crippen molar-refractivity contribution in [1.29, 1.82) is 0 Å². The SMILES string of the molecule is COc1cc(CO)cc(OC2OC(COC(=O)c3ccc(O)c(OC)c3)C(O)C(O)C2O)c1. The van der Waals surface area contributed by atoms with E-state index >= 15 is 0 Å². The smallest absolute Gasteiger partial charge is 0.338 e. The van der Waals surface area contributed by atoms with Gasteiger partial charge in [0.15, 0.2) is 11.5 Å². The number of aliphatic hydroxyl groups excluding tert-OH is 4. The van der Waals surface area contributed by atoms with Gasteiger partial charge in [-0.2, -0.15) is 0 Å². The molecule has 33 heavy (non-hydrogen) atoms. The molecule has 5 atom stereocenters. The van der Waals surface area contributed by atoms with Gasteiger partial charge in [0.25, 0.3) is 0 Å².